The number of benzene rings is 1. The van der Waals surface area contributed by atoms with Gasteiger partial charge >= 0.3 is 0 Å². The highest BCUT2D eigenvalue weighted by atomic mass is 16.2. The Labute approximate surface area is 113 Å². The summed E-state index contributed by atoms with van der Waals surface area (Å²) in [5.41, 5.74) is 6.15. The van der Waals surface area contributed by atoms with Crippen LogP contribution < -0.4 is 16.4 Å². The summed E-state index contributed by atoms with van der Waals surface area (Å²) in [6.45, 7) is 4.03. The van der Waals surface area contributed by atoms with Gasteiger partial charge in [-0.1, -0.05) is 13.0 Å². The average Bonchev–Trinajstić information content (AvgIpc) is 2.45. The van der Waals surface area contributed by atoms with Crippen LogP contribution in [0.1, 0.15) is 30.6 Å². The summed E-state index contributed by atoms with van der Waals surface area (Å²) >= 11 is 0. The van der Waals surface area contributed by atoms with Crippen LogP contribution in [0.4, 0.5) is 5.69 Å². The summed E-state index contributed by atoms with van der Waals surface area (Å²) in [5.74, 6) is -0.320. The van der Waals surface area contributed by atoms with Gasteiger partial charge in [-0.2, -0.15) is 0 Å². The molecule has 1 unspecified atom stereocenters. The predicted octanol–water partition coefficient (Wildman–Crippen LogP) is 1.36. The van der Waals surface area contributed by atoms with Gasteiger partial charge in [-0.05, 0) is 31.5 Å². The van der Waals surface area contributed by atoms with Crippen LogP contribution in [0.2, 0.25) is 0 Å². The molecular weight excluding hydrogens is 242 g/mol. The van der Waals surface area contributed by atoms with Gasteiger partial charge in [0.15, 0.2) is 0 Å². The van der Waals surface area contributed by atoms with E-state index in [1.54, 1.807) is 31.3 Å². The monoisotopic (exact) mass is 263 g/mol. The molecule has 0 aliphatic heterocycles. The lowest BCUT2D eigenvalue weighted by Crippen LogP contribution is -2.39. The first-order valence-corrected chi connectivity index (χ1v) is 6.30. The predicted molar refractivity (Wildman–Crippen MR) is 75.9 cm³/mol. The largest absolute Gasteiger partial charge is 0.355 e. The van der Waals surface area contributed by atoms with Gasteiger partial charge in [-0.3, -0.25) is 9.59 Å². The molecule has 0 heterocycles. The Balaban J connectivity index is 2.88. The van der Waals surface area contributed by atoms with Crippen molar-refractivity contribution in [1.29, 1.82) is 0 Å². The van der Waals surface area contributed by atoms with Crippen molar-refractivity contribution >= 4 is 17.5 Å². The number of hydrogen-bond donors (Lipinski definition) is 3. The standard InChI is InChI=1S/C14H21N3O2/c1-4-14(2,9-15)13(19)17-11-7-5-6-10(8-11)12(18)16-3/h5-8H,4,9,15H2,1-3H3,(H,16,18)(H,17,19). The summed E-state index contributed by atoms with van der Waals surface area (Å²) in [7, 11) is 1.57. The van der Waals surface area contributed by atoms with Crippen molar-refractivity contribution < 1.29 is 9.59 Å². The van der Waals surface area contributed by atoms with Crippen molar-refractivity contribution in [3.63, 3.8) is 0 Å². The summed E-state index contributed by atoms with van der Waals surface area (Å²) in [4.78, 5) is 23.7. The number of hydrogen-bond acceptors (Lipinski definition) is 3. The molecule has 5 nitrogen and oxygen atoms in total. The molecule has 2 amide bonds. The highest BCUT2D eigenvalue weighted by molar-refractivity contribution is 5.98. The molecule has 0 saturated heterocycles. The topological polar surface area (TPSA) is 84.2 Å². The Hall–Kier alpha value is -1.88. The molecule has 0 aliphatic carbocycles. The SMILES string of the molecule is CCC(C)(CN)C(=O)Nc1cccc(C(=O)NC)c1. The highest BCUT2D eigenvalue weighted by Gasteiger charge is 2.29. The Bertz CT molecular complexity index is 468. The number of nitrogens with two attached hydrogens (primary N) is 1. The Kier molecular flexibility index (Phi) is 5.06. The number of anilines is 1. The van der Waals surface area contributed by atoms with Crippen LogP contribution in [0.3, 0.4) is 0 Å². The normalized spacial score (nSPS) is 13.5. The first-order chi connectivity index (χ1) is 8.96. The van der Waals surface area contributed by atoms with Crippen LogP contribution in [-0.4, -0.2) is 25.4 Å². The van der Waals surface area contributed by atoms with Gasteiger partial charge in [0.2, 0.25) is 5.91 Å². The minimum atomic E-state index is -0.594. The smallest absolute Gasteiger partial charge is 0.251 e. The molecule has 0 aliphatic rings. The van der Waals surface area contributed by atoms with Gasteiger partial charge in [-0.15, -0.1) is 0 Å². The zero-order chi connectivity index (χ0) is 14.5. The molecule has 0 bridgehead atoms. The first kappa shape index (κ1) is 15.2. The molecule has 0 fully saturated rings. The van der Waals surface area contributed by atoms with Gasteiger partial charge in [0.1, 0.15) is 0 Å². The molecule has 4 N–H and O–H groups in total. The van der Waals surface area contributed by atoms with E-state index in [-0.39, 0.29) is 18.4 Å². The molecule has 0 saturated carbocycles. The van der Waals surface area contributed by atoms with E-state index in [1.165, 1.54) is 0 Å². The van der Waals surface area contributed by atoms with Gasteiger partial charge in [0.05, 0.1) is 5.41 Å². The zero-order valence-corrected chi connectivity index (χ0v) is 11.6. The van der Waals surface area contributed by atoms with E-state index >= 15 is 0 Å². The fraction of sp³-hybridized carbons (Fsp3) is 0.429. The number of rotatable bonds is 5. The second kappa shape index (κ2) is 6.33. The lowest BCUT2D eigenvalue weighted by atomic mass is 9.86. The fourth-order valence-corrected chi connectivity index (χ4v) is 1.56. The van der Waals surface area contributed by atoms with E-state index in [9.17, 15) is 9.59 Å². The maximum absolute atomic E-state index is 12.2. The number of carbonyl (C=O) groups excluding carboxylic acids is 2. The quantitative estimate of drug-likeness (QED) is 0.750. The van der Waals surface area contributed by atoms with Crippen molar-refractivity contribution in [1.82, 2.24) is 5.32 Å². The molecule has 0 aromatic heterocycles. The van der Waals surface area contributed by atoms with Crippen molar-refractivity contribution in [2.45, 2.75) is 20.3 Å². The summed E-state index contributed by atoms with van der Waals surface area (Å²) in [6.07, 6.45) is 0.657. The van der Waals surface area contributed by atoms with Crippen LogP contribution in [-0.2, 0) is 4.79 Å². The third kappa shape index (κ3) is 3.54. The summed E-state index contributed by atoms with van der Waals surface area (Å²) in [6, 6.07) is 6.81. The maximum Gasteiger partial charge on any atom is 0.251 e. The fourth-order valence-electron chi connectivity index (χ4n) is 1.56. The lowest BCUT2D eigenvalue weighted by Gasteiger charge is -2.25. The van der Waals surface area contributed by atoms with Crippen LogP contribution in [0.25, 0.3) is 0 Å². The van der Waals surface area contributed by atoms with Crippen molar-refractivity contribution in [3.8, 4) is 0 Å². The van der Waals surface area contributed by atoms with Gasteiger partial charge in [-0.25, -0.2) is 0 Å². The molecule has 1 rings (SSSR count). The van der Waals surface area contributed by atoms with Gasteiger partial charge in [0, 0.05) is 24.8 Å². The van der Waals surface area contributed by atoms with E-state index in [1.807, 2.05) is 13.8 Å². The molecule has 0 spiro atoms. The zero-order valence-electron chi connectivity index (χ0n) is 11.6. The number of carbonyl (C=O) groups is 2. The summed E-state index contributed by atoms with van der Waals surface area (Å²) in [5, 5.41) is 5.35. The number of amides is 2. The molecule has 104 valence electrons. The Morgan fingerprint density at radius 3 is 2.58 bits per heavy atom. The Morgan fingerprint density at radius 1 is 1.37 bits per heavy atom. The molecule has 19 heavy (non-hydrogen) atoms. The minimum absolute atomic E-state index is 0.133. The van der Waals surface area contributed by atoms with Crippen molar-refractivity contribution in [2.75, 3.05) is 18.9 Å². The van der Waals surface area contributed by atoms with E-state index in [2.05, 4.69) is 10.6 Å². The average molecular weight is 263 g/mol. The van der Waals surface area contributed by atoms with E-state index in [0.717, 1.165) is 0 Å². The molecule has 1 atom stereocenters. The van der Waals surface area contributed by atoms with Crippen LogP contribution in [0.15, 0.2) is 24.3 Å². The van der Waals surface area contributed by atoms with Crippen LogP contribution in [0, 0.1) is 5.41 Å². The van der Waals surface area contributed by atoms with Gasteiger partial charge < -0.3 is 16.4 Å². The second-order valence-corrected chi connectivity index (χ2v) is 4.73. The Morgan fingerprint density at radius 2 is 2.05 bits per heavy atom. The molecule has 0 radical (unpaired) electrons. The first-order valence-electron chi connectivity index (χ1n) is 6.30. The van der Waals surface area contributed by atoms with Crippen LogP contribution in [0.5, 0.6) is 0 Å². The third-order valence-corrected chi connectivity index (χ3v) is 3.39. The van der Waals surface area contributed by atoms with Crippen molar-refractivity contribution in [3.05, 3.63) is 29.8 Å². The maximum atomic E-state index is 12.2. The molecule has 5 heteroatoms. The summed E-state index contributed by atoms with van der Waals surface area (Å²) < 4.78 is 0. The lowest BCUT2D eigenvalue weighted by molar-refractivity contribution is -0.124. The second-order valence-electron chi connectivity index (χ2n) is 4.73. The van der Waals surface area contributed by atoms with E-state index in [4.69, 9.17) is 5.73 Å². The molecule has 1 aromatic carbocycles. The van der Waals surface area contributed by atoms with Gasteiger partial charge in [0.25, 0.3) is 5.91 Å². The highest BCUT2D eigenvalue weighted by Crippen LogP contribution is 2.22. The van der Waals surface area contributed by atoms with E-state index < -0.39 is 5.41 Å². The third-order valence-electron chi connectivity index (χ3n) is 3.39. The minimum Gasteiger partial charge on any atom is -0.355 e. The number of nitrogens with one attached hydrogen (secondary N) is 2. The van der Waals surface area contributed by atoms with Crippen molar-refractivity contribution in [2.24, 2.45) is 11.1 Å². The molecular formula is C14H21N3O2. The van der Waals surface area contributed by atoms with E-state index in [0.29, 0.717) is 17.7 Å². The van der Waals surface area contributed by atoms with Crippen LogP contribution >= 0.6 is 0 Å². The molecule has 1 aromatic rings.